The number of halogens is 5. The second-order valence-corrected chi connectivity index (χ2v) is 9.88. The molecule has 2 fully saturated rings. The van der Waals surface area contributed by atoms with Crippen molar-refractivity contribution in [2.75, 3.05) is 10.6 Å². The average molecular weight is 543 g/mol. The quantitative estimate of drug-likeness (QED) is 0.263. The minimum atomic E-state index is -4.35. The molecule has 12 heteroatoms. The number of aromatic nitrogens is 4. The van der Waals surface area contributed by atoms with Crippen molar-refractivity contribution in [3.05, 3.63) is 76.5 Å². The van der Waals surface area contributed by atoms with Crippen LogP contribution in [-0.2, 0) is 0 Å². The van der Waals surface area contributed by atoms with E-state index >= 15 is 0 Å². The van der Waals surface area contributed by atoms with Crippen LogP contribution in [0.4, 0.5) is 28.9 Å². The minimum Gasteiger partial charge on any atom is -0.380 e. The van der Waals surface area contributed by atoms with Crippen molar-refractivity contribution >= 4 is 33.9 Å². The summed E-state index contributed by atoms with van der Waals surface area (Å²) in [6.45, 7) is 0. The molecule has 2 saturated carbocycles. The van der Waals surface area contributed by atoms with Gasteiger partial charge >= 0.3 is 6.18 Å². The molecule has 2 aliphatic carbocycles. The summed E-state index contributed by atoms with van der Waals surface area (Å²) in [7, 11) is 0. The van der Waals surface area contributed by atoms with Gasteiger partial charge in [0, 0.05) is 23.3 Å². The fourth-order valence-corrected chi connectivity index (χ4v) is 4.70. The standard InChI is InChI=1S/C26H20ClF4N7/c27-20-8-16(7-18-23(14(10-32)11-33-25(18)20)35-21-9-19(21)26(29,30)31)34-24(13-1-3-15(28)4-2-13)22-12-38(37-36-22)17-5-6-17/h1-4,7-8,11-12,17,19,21,24,34H,5-6,9H2,(H,33,35)/t19-,21-,24+/m1/s1/i24D. The lowest BCUT2D eigenvalue weighted by Crippen LogP contribution is -2.18. The Bertz CT molecular complexity index is 1610. The average Bonchev–Trinajstić information content (AvgIpc) is 3.82. The Hall–Kier alpha value is -3.91. The molecule has 0 bridgehead atoms. The van der Waals surface area contributed by atoms with Crippen molar-refractivity contribution in [3.8, 4) is 6.07 Å². The van der Waals surface area contributed by atoms with Crippen LogP contribution in [-0.4, -0.2) is 32.2 Å². The van der Waals surface area contributed by atoms with Crippen LogP contribution in [0.1, 0.15) is 49.5 Å². The first-order valence-electron chi connectivity index (χ1n) is 12.4. The summed E-state index contributed by atoms with van der Waals surface area (Å²) in [5.41, 5.74) is 1.47. The number of rotatable bonds is 7. The van der Waals surface area contributed by atoms with Gasteiger partial charge in [0.1, 0.15) is 17.6 Å². The molecule has 4 aromatic rings. The first-order valence-corrected chi connectivity index (χ1v) is 12.3. The van der Waals surface area contributed by atoms with Gasteiger partial charge in [0.25, 0.3) is 0 Å². The van der Waals surface area contributed by atoms with E-state index < -0.39 is 30.0 Å². The van der Waals surface area contributed by atoms with E-state index in [0.717, 1.165) is 12.8 Å². The van der Waals surface area contributed by atoms with Crippen molar-refractivity contribution in [2.45, 2.75) is 43.5 Å². The first kappa shape index (κ1) is 23.2. The maximum atomic E-state index is 13.7. The van der Waals surface area contributed by atoms with Gasteiger partial charge in [-0.2, -0.15) is 18.4 Å². The van der Waals surface area contributed by atoms with Crippen LogP contribution in [0.2, 0.25) is 5.02 Å². The predicted octanol–water partition coefficient (Wildman–Crippen LogP) is 6.39. The number of anilines is 2. The Balaban J connectivity index is 1.43. The fourth-order valence-electron chi connectivity index (χ4n) is 4.43. The largest absolute Gasteiger partial charge is 0.393 e. The Morgan fingerprint density at radius 1 is 1.21 bits per heavy atom. The molecule has 0 saturated heterocycles. The molecule has 2 aromatic carbocycles. The lowest BCUT2D eigenvalue weighted by Gasteiger charge is -2.20. The Labute approximate surface area is 220 Å². The first-order chi connectivity index (χ1) is 18.6. The molecule has 2 aliphatic rings. The van der Waals surface area contributed by atoms with Gasteiger partial charge in [-0.3, -0.25) is 4.98 Å². The van der Waals surface area contributed by atoms with Gasteiger partial charge in [-0.1, -0.05) is 28.9 Å². The lowest BCUT2D eigenvalue weighted by atomic mass is 10.0. The molecular weight excluding hydrogens is 522 g/mol. The summed E-state index contributed by atoms with van der Waals surface area (Å²) in [6.07, 6.45) is 0.376. The van der Waals surface area contributed by atoms with Gasteiger partial charge < -0.3 is 10.6 Å². The minimum absolute atomic E-state index is 0.0617. The maximum Gasteiger partial charge on any atom is 0.393 e. The van der Waals surface area contributed by atoms with Crippen LogP contribution in [0.15, 0.2) is 48.8 Å². The van der Waals surface area contributed by atoms with Gasteiger partial charge in [-0.05, 0) is 49.1 Å². The number of benzene rings is 2. The Morgan fingerprint density at radius 2 is 1.97 bits per heavy atom. The van der Waals surface area contributed by atoms with E-state index in [1.165, 1.54) is 36.5 Å². The second kappa shape index (κ2) is 9.13. The normalized spacial score (nSPS) is 20.9. The molecule has 6 rings (SSSR count). The van der Waals surface area contributed by atoms with Crippen molar-refractivity contribution in [1.82, 2.24) is 20.0 Å². The van der Waals surface area contributed by atoms with Crippen molar-refractivity contribution in [1.29, 1.82) is 5.26 Å². The monoisotopic (exact) mass is 542 g/mol. The molecule has 3 atom stereocenters. The highest BCUT2D eigenvalue weighted by atomic mass is 35.5. The summed E-state index contributed by atoms with van der Waals surface area (Å²) in [6, 6.07) is 8.05. The van der Waals surface area contributed by atoms with E-state index in [9.17, 15) is 24.2 Å². The van der Waals surface area contributed by atoms with E-state index in [0.29, 0.717) is 16.6 Å². The smallest absolute Gasteiger partial charge is 0.380 e. The lowest BCUT2D eigenvalue weighted by molar-refractivity contribution is -0.147. The number of nitriles is 1. The zero-order valence-electron chi connectivity index (χ0n) is 20.6. The number of hydrogen-bond donors (Lipinski definition) is 2. The molecule has 194 valence electrons. The maximum absolute atomic E-state index is 13.7. The molecule has 2 N–H and O–H groups in total. The number of fused-ring (bicyclic) bond motifs is 1. The van der Waals surface area contributed by atoms with Crippen molar-refractivity contribution < 1.29 is 18.9 Å². The predicted molar refractivity (Wildman–Crippen MR) is 133 cm³/mol. The topological polar surface area (TPSA) is 91.5 Å². The van der Waals surface area contributed by atoms with Crippen molar-refractivity contribution in [3.63, 3.8) is 0 Å². The molecule has 2 aromatic heterocycles. The van der Waals surface area contributed by atoms with Gasteiger partial charge in [0.15, 0.2) is 0 Å². The molecule has 38 heavy (non-hydrogen) atoms. The third-order valence-electron chi connectivity index (χ3n) is 6.68. The Morgan fingerprint density at radius 3 is 2.63 bits per heavy atom. The number of alkyl halides is 3. The highest BCUT2D eigenvalue weighted by Crippen LogP contribution is 2.47. The zero-order chi connectivity index (χ0) is 27.5. The molecule has 0 unspecified atom stereocenters. The Kier molecular flexibility index (Phi) is 5.58. The third kappa shape index (κ3) is 4.72. The van der Waals surface area contributed by atoms with E-state index in [2.05, 4.69) is 25.9 Å². The third-order valence-corrected chi connectivity index (χ3v) is 6.96. The molecular formula is C26H20ClF4N7. The molecule has 7 nitrogen and oxygen atoms in total. The molecule has 2 heterocycles. The van der Waals surface area contributed by atoms with E-state index in [1.54, 1.807) is 16.9 Å². The highest BCUT2D eigenvalue weighted by molar-refractivity contribution is 6.35. The van der Waals surface area contributed by atoms with Crippen LogP contribution in [0.25, 0.3) is 10.9 Å². The number of hydrogen-bond acceptors (Lipinski definition) is 6. The summed E-state index contributed by atoms with van der Waals surface area (Å²) < 4.78 is 64.4. The summed E-state index contributed by atoms with van der Waals surface area (Å²) in [5.74, 6) is -1.99. The molecule has 0 spiro atoms. The van der Waals surface area contributed by atoms with Crippen LogP contribution < -0.4 is 10.6 Å². The number of pyridine rings is 1. The van der Waals surface area contributed by atoms with Gasteiger partial charge in [0.05, 0.1) is 47.3 Å². The summed E-state index contributed by atoms with van der Waals surface area (Å²) in [5, 5.41) is 24.5. The summed E-state index contributed by atoms with van der Waals surface area (Å²) >= 11 is 6.54. The van der Waals surface area contributed by atoms with Gasteiger partial charge in [-0.25, -0.2) is 9.07 Å². The number of nitrogens with one attached hydrogen (secondary N) is 2. The highest BCUT2D eigenvalue weighted by Gasteiger charge is 2.56. The van der Waals surface area contributed by atoms with E-state index in [-0.39, 0.29) is 39.9 Å². The SMILES string of the molecule is [2H][C@](Nc1cc(Cl)c2ncc(C#N)c(N[C@@H]3C[C@H]3C(F)(F)F)c2c1)(c1ccc(F)cc1)c1cn(C2CC2)nn1. The molecule has 0 amide bonds. The van der Waals surface area contributed by atoms with Crippen LogP contribution >= 0.6 is 11.6 Å². The molecule has 0 aliphatic heterocycles. The molecule has 0 radical (unpaired) electrons. The number of nitrogens with zero attached hydrogens (tertiary/aromatic N) is 5. The fraction of sp³-hybridized carbons (Fsp3) is 0.308. The summed E-state index contributed by atoms with van der Waals surface area (Å²) in [4.78, 5) is 4.24. The van der Waals surface area contributed by atoms with E-state index in [4.69, 9.17) is 11.6 Å². The van der Waals surface area contributed by atoms with Crippen LogP contribution in [0.3, 0.4) is 0 Å². The van der Waals surface area contributed by atoms with Crippen LogP contribution in [0.5, 0.6) is 0 Å². The zero-order valence-corrected chi connectivity index (χ0v) is 20.4. The second-order valence-electron chi connectivity index (χ2n) is 9.47. The van der Waals surface area contributed by atoms with Gasteiger partial charge in [0.2, 0.25) is 0 Å². The van der Waals surface area contributed by atoms with E-state index in [1.807, 2.05) is 6.07 Å². The van der Waals surface area contributed by atoms with Crippen molar-refractivity contribution in [2.24, 2.45) is 5.92 Å². The van der Waals surface area contributed by atoms with Gasteiger partial charge in [-0.15, -0.1) is 5.10 Å². The van der Waals surface area contributed by atoms with Crippen LogP contribution in [0, 0.1) is 23.1 Å².